The summed E-state index contributed by atoms with van der Waals surface area (Å²) in [5.74, 6) is 4.42. The fraction of sp³-hybridized carbons (Fsp3) is 0.588. The van der Waals surface area contributed by atoms with E-state index >= 15 is 0 Å². The summed E-state index contributed by atoms with van der Waals surface area (Å²) in [4.78, 5) is 29.8. The number of pyridine rings is 1. The number of nitrogens with two attached hydrogens (primary N) is 2. The van der Waals surface area contributed by atoms with Crippen LogP contribution in [0.5, 0.6) is 0 Å². The largest absolute Gasteiger partial charge is 0.380 e. The molecule has 1 fully saturated rings. The van der Waals surface area contributed by atoms with Crippen LogP contribution in [0.4, 0.5) is 5.69 Å². The minimum atomic E-state index is -0.643. The van der Waals surface area contributed by atoms with Crippen LogP contribution in [0, 0.1) is 0 Å². The summed E-state index contributed by atoms with van der Waals surface area (Å²) in [6, 6.07) is 3.18. The third-order valence-corrected chi connectivity index (χ3v) is 4.15. The molecule has 26 heavy (non-hydrogen) atoms. The Morgan fingerprint density at radius 2 is 2.23 bits per heavy atom. The number of carbonyl (C=O) groups excluding carboxylic acids is 2. The van der Waals surface area contributed by atoms with Gasteiger partial charge in [0.25, 0.3) is 11.8 Å². The molecule has 1 aromatic rings. The highest BCUT2D eigenvalue weighted by Crippen LogP contribution is 2.24. The lowest BCUT2D eigenvalue weighted by molar-refractivity contribution is -0.129. The fourth-order valence-corrected chi connectivity index (χ4v) is 2.78. The maximum atomic E-state index is 12.9. The zero-order chi connectivity index (χ0) is 18.9. The van der Waals surface area contributed by atoms with Crippen molar-refractivity contribution in [2.45, 2.75) is 38.4 Å². The summed E-state index contributed by atoms with van der Waals surface area (Å²) in [7, 11) is 0. The van der Waals surface area contributed by atoms with Crippen molar-refractivity contribution in [1.29, 1.82) is 0 Å². The molecule has 144 valence electrons. The Kier molecular flexibility index (Phi) is 7.92. The molecule has 0 aliphatic carbocycles. The monoisotopic (exact) mass is 365 g/mol. The second kappa shape index (κ2) is 10.2. The Morgan fingerprint density at radius 1 is 1.42 bits per heavy atom. The van der Waals surface area contributed by atoms with E-state index in [0.717, 1.165) is 12.8 Å². The molecule has 5 N–H and O–H groups in total. The van der Waals surface area contributed by atoms with E-state index in [1.807, 2.05) is 6.92 Å². The van der Waals surface area contributed by atoms with Crippen LogP contribution < -0.4 is 21.9 Å². The van der Waals surface area contributed by atoms with Gasteiger partial charge in [-0.3, -0.25) is 25.8 Å². The van der Waals surface area contributed by atoms with Gasteiger partial charge in [0.05, 0.1) is 12.7 Å². The number of primary amides is 1. The van der Waals surface area contributed by atoms with E-state index in [-0.39, 0.29) is 17.7 Å². The molecule has 0 bridgehead atoms. The summed E-state index contributed by atoms with van der Waals surface area (Å²) < 4.78 is 11.3. The van der Waals surface area contributed by atoms with Crippen LogP contribution in [0.1, 0.15) is 36.7 Å². The van der Waals surface area contributed by atoms with Gasteiger partial charge in [-0.15, -0.1) is 0 Å². The van der Waals surface area contributed by atoms with Crippen molar-refractivity contribution >= 4 is 17.5 Å². The third-order valence-electron chi connectivity index (χ3n) is 4.15. The van der Waals surface area contributed by atoms with Crippen LogP contribution in [0.15, 0.2) is 18.3 Å². The van der Waals surface area contributed by atoms with Gasteiger partial charge < -0.3 is 20.1 Å². The van der Waals surface area contributed by atoms with Crippen molar-refractivity contribution in [3.05, 3.63) is 24.0 Å². The van der Waals surface area contributed by atoms with Gasteiger partial charge in [0.2, 0.25) is 0 Å². The number of carbonyl (C=O) groups is 2. The predicted octanol–water partition coefficient (Wildman–Crippen LogP) is -0.0490. The molecule has 9 nitrogen and oxygen atoms in total. The maximum absolute atomic E-state index is 12.9. The summed E-state index contributed by atoms with van der Waals surface area (Å²) in [6.45, 7) is 3.83. The number of nitrogens with zero attached hydrogens (tertiary/aromatic N) is 2. The molecule has 0 aromatic carbocycles. The highest BCUT2D eigenvalue weighted by Gasteiger charge is 2.32. The lowest BCUT2D eigenvalue weighted by Gasteiger charge is -2.26. The number of aromatic nitrogens is 1. The number of hydrogen-bond donors (Lipinski definition) is 3. The molecular weight excluding hydrogens is 338 g/mol. The first kappa shape index (κ1) is 20.2. The molecule has 2 unspecified atom stereocenters. The molecule has 0 spiro atoms. The van der Waals surface area contributed by atoms with Crippen LogP contribution in [-0.2, 0) is 14.3 Å². The number of hydrazine groups is 1. The van der Waals surface area contributed by atoms with Gasteiger partial charge in [0.1, 0.15) is 11.8 Å². The second-order valence-electron chi connectivity index (χ2n) is 6.19. The Labute approximate surface area is 153 Å². The fourth-order valence-electron chi connectivity index (χ4n) is 2.78. The molecule has 1 aromatic heterocycles. The summed E-state index contributed by atoms with van der Waals surface area (Å²) in [5, 5.41) is 0. The minimum Gasteiger partial charge on any atom is -0.380 e. The molecule has 1 aliphatic rings. The van der Waals surface area contributed by atoms with Crippen molar-refractivity contribution in [2.24, 2.45) is 11.6 Å². The van der Waals surface area contributed by atoms with E-state index in [4.69, 9.17) is 21.1 Å². The van der Waals surface area contributed by atoms with Crippen LogP contribution in [0.3, 0.4) is 0 Å². The van der Waals surface area contributed by atoms with Gasteiger partial charge in [-0.25, -0.2) is 0 Å². The van der Waals surface area contributed by atoms with E-state index in [2.05, 4.69) is 10.4 Å². The highest BCUT2D eigenvalue weighted by molar-refractivity contribution is 5.98. The van der Waals surface area contributed by atoms with E-state index in [9.17, 15) is 9.59 Å². The van der Waals surface area contributed by atoms with Gasteiger partial charge >= 0.3 is 0 Å². The van der Waals surface area contributed by atoms with Crippen molar-refractivity contribution < 1.29 is 19.1 Å². The first-order valence-electron chi connectivity index (χ1n) is 8.77. The lowest BCUT2D eigenvalue weighted by atomic mass is 10.1. The Morgan fingerprint density at radius 3 is 2.88 bits per heavy atom. The number of hydrogen-bond acceptors (Lipinski definition) is 7. The predicted molar refractivity (Wildman–Crippen MR) is 96.3 cm³/mol. The Hall–Kier alpha value is -2.07. The quantitative estimate of drug-likeness (QED) is 0.301. The summed E-state index contributed by atoms with van der Waals surface area (Å²) in [6.07, 6.45) is 3.32. The molecule has 2 rings (SSSR count). The number of anilines is 1. The van der Waals surface area contributed by atoms with Gasteiger partial charge in [-0.2, -0.15) is 0 Å². The molecule has 0 radical (unpaired) electrons. The van der Waals surface area contributed by atoms with Crippen LogP contribution in [-0.4, -0.2) is 55.3 Å². The summed E-state index contributed by atoms with van der Waals surface area (Å²) in [5.41, 5.74) is 8.51. The topological polar surface area (TPSA) is 133 Å². The smallest absolute Gasteiger partial charge is 0.267 e. The van der Waals surface area contributed by atoms with E-state index in [1.54, 1.807) is 11.0 Å². The molecular formula is C17H27N5O4. The van der Waals surface area contributed by atoms with E-state index in [0.29, 0.717) is 38.4 Å². The number of rotatable bonds is 10. The normalized spacial score (nSPS) is 19.5. The number of amides is 2. The maximum Gasteiger partial charge on any atom is 0.267 e. The standard InChI is InChI=1S/C17H27N5O4/c1-12-3-4-15(26-12)17(24)22(8-10-25-9-2-6-21-19)13-5-7-20-14(11-13)16(18)23/h5,7,11-12,15,21H,2-4,6,8-10,19H2,1H3,(H2,18,23). The SMILES string of the molecule is CC1CCC(C(=O)N(CCOCCCNN)c2ccnc(C(N)=O)c2)O1. The first-order valence-corrected chi connectivity index (χ1v) is 8.77. The zero-order valence-corrected chi connectivity index (χ0v) is 15.0. The minimum absolute atomic E-state index is 0.0597. The second-order valence-corrected chi connectivity index (χ2v) is 6.19. The molecule has 9 heteroatoms. The molecule has 0 saturated carbocycles. The van der Waals surface area contributed by atoms with Crippen LogP contribution in [0.25, 0.3) is 0 Å². The third kappa shape index (κ3) is 5.73. The van der Waals surface area contributed by atoms with Crippen LogP contribution in [0.2, 0.25) is 0 Å². The van der Waals surface area contributed by atoms with E-state index < -0.39 is 12.0 Å². The van der Waals surface area contributed by atoms with E-state index in [1.165, 1.54) is 12.3 Å². The van der Waals surface area contributed by atoms with Gasteiger partial charge in [-0.05, 0) is 38.3 Å². The molecule has 2 heterocycles. The van der Waals surface area contributed by atoms with Crippen molar-refractivity contribution in [2.75, 3.05) is 31.2 Å². The molecule has 1 aliphatic heterocycles. The van der Waals surface area contributed by atoms with Crippen molar-refractivity contribution in [3.63, 3.8) is 0 Å². The molecule has 2 amide bonds. The van der Waals surface area contributed by atoms with Gasteiger partial charge in [0, 0.05) is 31.6 Å². The first-order chi connectivity index (χ1) is 12.5. The summed E-state index contributed by atoms with van der Waals surface area (Å²) >= 11 is 0. The Balaban J connectivity index is 2.06. The molecule has 2 atom stereocenters. The van der Waals surface area contributed by atoms with Gasteiger partial charge in [0.15, 0.2) is 0 Å². The zero-order valence-electron chi connectivity index (χ0n) is 15.0. The van der Waals surface area contributed by atoms with Crippen molar-refractivity contribution in [3.8, 4) is 0 Å². The average Bonchev–Trinajstić information content (AvgIpc) is 3.07. The average molecular weight is 365 g/mol. The molecule has 1 saturated heterocycles. The number of nitrogens with one attached hydrogen (secondary N) is 1. The lowest BCUT2D eigenvalue weighted by Crippen LogP contribution is -2.41. The van der Waals surface area contributed by atoms with Gasteiger partial charge in [-0.1, -0.05) is 0 Å². The number of ether oxygens (including phenoxy) is 2. The van der Waals surface area contributed by atoms with Crippen LogP contribution >= 0.6 is 0 Å². The van der Waals surface area contributed by atoms with Crippen molar-refractivity contribution in [1.82, 2.24) is 10.4 Å². The highest BCUT2D eigenvalue weighted by atomic mass is 16.5. The Bertz CT molecular complexity index is 613.